The first-order chi connectivity index (χ1) is 6.68. The Morgan fingerprint density at radius 3 is 2.93 bits per heavy atom. The predicted molar refractivity (Wildman–Crippen MR) is 57.8 cm³/mol. The van der Waals surface area contributed by atoms with Crippen molar-refractivity contribution in [3.63, 3.8) is 0 Å². The molecule has 0 saturated carbocycles. The molecular formula is C10H9NO2S. The lowest BCUT2D eigenvalue weighted by atomic mass is 10.2. The Balaban J connectivity index is 2.36. The number of thiocarbonyl (C=S) groups is 1. The second-order valence-electron chi connectivity index (χ2n) is 3.09. The van der Waals surface area contributed by atoms with Gasteiger partial charge in [-0.2, -0.15) is 0 Å². The number of fused-ring (bicyclic) bond motifs is 1. The van der Waals surface area contributed by atoms with Crippen LogP contribution in [0.15, 0.2) is 24.3 Å². The van der Waals surface area contributed by atoms with Crippen LogP contribution in [-0.2, 0) is 4.79 Å². The molecular weight excluding hydrogens is 198 g/mol. The van der Waals surface area contributed by atoms with Crippen molar-refractivity contribution in [1.82, 2.24) is 0 Å². The summed E-state index contributed by atoms with van der Waals surface area (Å²) in [6.45, 7) is 1.46. The van der Waals surface area contributed by atoms with Crippen molar-refractivity contribution in [3.05, 3.63) is 24.3 Å². The Bertz CT molecular complexity index is 403. The molecule has 1 aromatic carbocycles. The summed E-state index contributed by atoms with van der Waals surface area (Å²) < 4.78 is 5.45. The molecule has 0 spiro atoms. The van der Waals surface area contributed by atoms with Crippen molar-refractivity contribution >= 4 is 28.7 Å². The number of benzene rings is 1. The van der Waals surface area contributed by atoms with Crippen molar-refractivity contribution < 1.29 is 9.53 Å². The van der Waals surface area contributed by atoms with Gasteiger partial charge in [0.05, 0.1) is 5.69 Å². The molecule has 72 valence electrons. The largest absolute Gasteiger partial charge is 0.473 e. The number of hydrogen-bond acceptors (Lipinski definition) is 3. The van der Waals surface area contributed by atoms with E-state index in [1.807, 2.05) is 18.2 Å². The maximum Gasteiger partial charge on any atom is 0.206 e. The van der Waals surface area contributed by atoms with E-state index in [4.69, 9.17) is 17.0 Å². The average Bonchev–Trinajstić information content (AvgIpc) is 2.16. The van der Waals surface area contributed by atoms with Crippen molar-refractivity contribution in [1.29, 1.82) is 0 Å². The topological polar surface area (TPSA) is 38.3 Å². The molecule has 1 atom stereocenters. The SMILES string of the molecule is CC(=O)C1Oc2ccccc2NC1=S. The van der Waals surface area contributed by atoms with Crippen LogP contribution in [0.5, 0.6) is 5.75 Å². The van der Waals surface area contributed by atoms with Crippen LogP contribution in [-0.4, -0.2) is 16.9 Å². The van der Waals surface area contributed by atoms with Gasteiger partial charge in [-0.05, 0) is 19.1 Å². The summed E-state index contributed by atoms with van der Waals surface area (Å²) in [7, 11) is 0. The third-order valence-electron chi connectivity index (χ3n) is 2.00. The number of carbonyl (C=O) groups is 1. The Kier molecular flexibility index (Phi) is 2.21. The minimum Gasteiger partial charge on any atom is -0.473 e. The minimum absolute atomic E-state index is 0.0861. The first kappa shape index (κ1) is 9.15. The predicted octanol–water partition coefficient (Wildman–Crippen LogP) is 1.78. The zero-order valence-corrected chi connectivity index (χ0v) is 8.43. The number of para-hydroxylation sites is 2. The van der Waals surface area contributed by atoms with Crippen molar-refractivity contribution in [2.24, 2.45) is 0 Å². The van der Waals surface area contributed by atoms with Gasteiger partial charge in [-0.15, -0.1) is 0 Å². The molecule has 0 saturated heterocycles. The maximum atomic E-state index is 11.2. The van der Waals surface area contributed by atoms with Crippen LogP contribution < -0.4 is 10.1 Å². The molecule has 14 heavy (non-hydrogen) atoms. The Labute approximate surface area is 87.1 Å². The van der Waals surface area contributed by atoms with Gasteiger partial charge in [0, 0.05) is 0 Å². The van der Waals surface area contributed by atoms with Gasteiger partial charge >= 0.3 is 0 Å². The van der Waals surface area contributed by atoms with Crippen molar-refractivity contribution in [2.45, 2.75) is 13.0 Å². The van der Waals surface area contributed by atoms with E-state index in [0.717, 1.165) is 5.69 Å². The van der Waals surface area contributed by atoms with Crippen LogP contribution in [0.1, 0.15) is 6.92 Å². The van der Waals surface area contributed by atoms with E-state index in [1.54, 1.807) is 6.07 Å². The van der Waals surface area contributed by atoms with E-state index >= 15 is 0 Å². The highest BCUT2D eigenvalue weighted by Gasteiger charge is 2.27. The van der Waals surface area contributed by atoms with Gasteiger partial charge in [0.25, 0.3) is 0 Å². The molecule has 0 aromatic heterocycles. The minimum atomic E-state index is -0.639. The Hall–Kier alpha value is -1.42. The summed E-state index contributed by atoms with van der Waals surface area (Å²) >= 11 is 5.02. The Morgan fingerprint density at radius 1 is 1.50 bits per heavy atom. The number of ether oxygens (including phenoxy) is 1. The molecule has 0 fully saturated rings. The maximum absolute atomic E-state index is 11.2. The zero-order chi connectivity index (χ0) is 10.1. The van der Waals surface area contributed by atoms with E-state index in [0.29, 0.717) is 10.7 Å². The van der Waals surface area contributed by atoms with Crippen LogP contribution in [0.25, 0.3) is 0 Å². The number of anilines is 1. The molecule has 2 rings (SSSR count). The number of ketones is 1. The third-order valence-corrected chi connectivity index (χ3v) is 2.31. The summed E-state index contributed by atoms with van der Waals surface area (Å²) in [5, 5.41) is 2.98. The summed E-state index contributed by atoms with van der Waals surface area (Å²) in [6, 6.07) is 7.40. The molecule has 3 nitrogen and oxygen atoms in total. The average molecular weight is 207 g/mol. The molecule has 0 bridgehead atoms. The third kappa shape index (κ3) is 1.48. The lowest BCUT2D eigenvalue weighted by Gasteiger charge is -2.25. The van der Waals surface area contributed by atoms with Gasteiger partial charge in [-0.25, -0.2) is 0 Å². The zero-order valence-electron chi connectivity index (χ0n) is 7.61. The van der Waals surface area contributed by atoms with Gasteiger partial charge in [0.2, 0.25) is 6.10 Å². The molecule has 1 aliphatic rings. The number of nitrogens with one attached hydrogen (secondary N) is 1. The smallest absolute Gasteiger partial charge is 0.206 e. The molecule has 1 heterocycles. The van der Waals surface area contributed by atoms with Gasteiger partial charge in [0.1, 0.15) is 10.7 Å². The fourth-order valence-corrected chi connectivity index (χ4v) is 1.64. The lowest BCUT2D eigenvalue weighted by molar-refractivity contribution is -0.121. The highest BCUT2D eigenvalue weighted by Crippen LogP contribution is 2.29. The first-order valence-electron chi connectivity index (χ1n) is 4.25. The summed E-state index contributed by atoms with van der Waals surface area (Å²) in [5.74, 6) is 0.582. The second-order valence-corrected chi connectivity index (χ2v) is 3.53. The van der Waals surface area contributed by atoms with Crippen LogP contribution in [0, 0.1) is 0 Å². The molecule has 1 unspecified atom stereocenters. The van der Waals surface area contributed by atoms with Crippen LogP contribution in [0.2, 0.25) is 0 Å². The van der Waals surface area contributed by atoms with Gasteiger partial charge in [0.15, 0.2) is 5.78 Å². The van der Waals surface area contributed by atoms with Crippen LogP contribution >= 0.6 is 12.2 Å². The quantitative estimate of drug-likeness (QED) is 0.712. The molecule has 0 radical (unpaired) electrons. The molecule has 4 heteroatoms. The second kappa shape index (κ2) is 3.38. The number of Topliss-reactive ketones (excluding diaryl/α,β-unsaturated/α-hetero) is 1. The van der Waals surface area contributed by atoms with Crippen LogP contribution in [0.4, 0.5) is 5.69 Å². The summed E-state index contributed by atoms with van der Waals surface area (Å²) in [5.41, 5.74) is 0.815. The molecule has 1 aliphatic heterocycles. The molecule has 1 N–H and O–H groups in total. The van der Waals surface area contributed by atoms with Gasteiger partial charge < -0.3 is 10.1 Å². The van der Waals surface area contributed by atoms with Gasteiger partial charge in [-0.1, -0.05) is 24.4 Å². The highest BCUT2D eigenvalue weighted by atomic mass is 32.1. The highest BCUT2D eigenvalue weighted by molar-refractivity contribution is 7.80. The number of hydrogen-bond donors (Lipinski definition) is 1. The van der Waals surface area contributed by atoms with E-state index in [9.17, 15) is 4.79 Å². The molecule has 0 aliphatic carbocycles. The lowest BCUT2D eigenvalue weighted by Crippen LogP contribution is -2.40. The number of rotatable bonds is 1. The fourth-order valence-electron chi connectivity index (χ4n) is 1.32. The van der Waals surface area contributed by atoms with Gasteiger partial charge in [-0.3, -0.25) is 4.79 Å². The first-order valence-corrected chi connectivity index (χ1v) is 4.66. The molecule has 0 amide bonds. The van der Waals surface area contributed by atoms with Crippen molar-refractivity contribution in [3.8, 4) is 5.75 Å². The van der Waals surface area contributed by atoms with Crippen LogP contribution in [0.3, 0.4) is 0 Å². The number of carbonyl (C=O) groups excluding carboxylic acids is 1. The monoisotopic (exact) mass is 207 g/mol. The van der Waals surface area contributed by atoms with E-state index in [1.165, 1.54) is 6.92 Å². The van der Waals surface area contributed by atoms with Crippen molar-refractivity contribution in [2.75, 3.05) is 5.32 Å². The molecule has 1 aromatic rings. The summed E-state index contributed by atoms with van der Waals surface area (Å²) in [6.07, 6.45) is -0.639. The van der Waals surface area contributed by atoms with E-state index in [-0.39, 0.29) is 5.78 Å². The van der Waals surface area contributed by atoms with E-state index in [2.05, 4.69) is 5.32 Å². The Morgan fingerprint density at radius 2 is 2.21 bits per heavy atom. The normalized spacial score (nSPS) is 19.2. The van der Waals surface area contributed by atoms with E-state index < -0.39 is 6.10 Å². The summed E-state index contributed by atoms with van der Waals surface area (Å²) in [4.78, 5) is 11.6. The fraction of sp³-hybridized carbons (Fsp3) is 0.200. The standard InChI is InChI=1S/C10H9NO2S/c1-6(12)9-10(14)11-7-4-2-3-5-8(7)13-9/h2-5,9H,1H3,(H,11,14).